The number of hydrogen-bond donors (Lipinski definition) is 2. The summed E-state index contributed by atoms with van der Waals surface area (Å²) in [5.74, 6) is 4.35. The Kier molecular flexibility index (Phi) is 4.38. The Hall–Kier alpha value is -3.83. The summed E-state index contributed by atoms with van der Waals surface area (Å²) in [6.07, 6.45) is 9.28. The molecular weight excluding hydrogens is 380 g/mol. The minimum atomic E-state index is -0.249. The number of benzene rings is 1. The zero-order valence-corrected chi connectivity index (χ0v) is 16.1. The van der Waals surface area contributed by atoms with Gasteiger partial charge in [0.2, 0.25) is 0 Å². The van der Waals surface area contributed by atoms with Crippen molar-refractivity contribution in [1.82, 2.24) is 19.5 Å². The number of nitrogen functional groups attached to an aromatic ring is 2. The molecule has 3 atom stereocenters. The molecule has 8 nitrogen and oxygen atoms in total. The van der Waals surface area contributed by atoms with E-state index >= 15 is 0 Å². The molecule has 0 spiro atoms. The van der Waals surface area contributed by atoms with E-state index in [4.69, 9.17) is 27.4 Å². The van der Waals surface area contributed by atoms with E-state index in [0.29, 0.717) is 30.4 Å². The second-order valence-corrected chi connectivity index (χ2v) is 7.26. The SMILES string of the molecule is C#CC1CC(n2ccc3c(N)ncnc32)OC1COc1ccc2ccc(N)nc2c1. The van der Waals surface area contributed by atoms with Crippen molar-refractivity contribution in [3.05, 3.63) is 48.9 Å². The van der Waals surface area contributed by atoms with E-state index in [1.165, 1.54) is 6.33 Å². The third-order valence-electron chi connectivity index (χ3n) is 5.40. The Morgan fingerprint density at radius 2 is 2.07 bits per heavy atom. The number of fused-ring (bicyclic) bond motifs is 2. The maximum atomic E-state index is 6.24. The highest BCUT2D eigenvalue weighted by Crippen LogP contribution is 2.36. The number of terminal acetylenes is 1. The predicted octanol–water partition coefficient (Wildman–Crippen LogP) is 2.76. The summed E-state index contributed by atoms with van der Waals surface area (Å²) in [5, 5.41) is 1.79. The summed E-state index contributed by atoms with van der Waals surface area (Å²) in [4.78, 5) is 12.7. The van der Waals surface area contributed by atoms with E-state index in [1.54, 1.807) is 6.07 Å². The lowest BCUT2D eigenvalue weighted by atomic mass is 10.0. The van der Waals surface area contributed by atoms with Gasteiger partial charge in [-0.05, 0) is 30.3 Å². The standard InChI is InChI=1S/C22H20N6O2/c1-2-13-9-20(28-8-7-16-21(24)25-12-26-22(16)28)30-18(13)11-29-15-5-3-14-4-6-19(23)27-17(14)10-15/h1,3-8,10,12-13,18,20H,9,11H2,(H2,23,27)(H2,24,25,26). The largest absolute Gasteiger partial charge is 0.491 e. The number of nitrogens with zero attached hydrogens (tertiary/aromatic N) is 4. The molecule has 4 N–H and O–H groups in total. The molecule has 4 heterocycles. The zero-order chi connectivity index (χ0) is 20.7. The van der Waals surface area contributed by atoms with Crippen molar-refractivity contribution in [1.29, 1.82) is 0 Å². The summed E-state index contributed by atoms with van der Waals surface area (Å²) in [7, 11) is 0. The van der Waals surface area contributed by atoms with Crippen molar-refractivity contribution in [2.24, 2.45) is 5.92 Å². The first-order valence-electron chi connectivity index (χ1n) is 9.60. The predicted molar refractivity (Wildman–Crippen MR) is 114 cm³/mol. The van der Waals surface area contributed by atoms with Crippen LogP contribution in [0.2, 0.25) is 0 Å². The van der Waals surface area contributed by atoms with Gasteiger partial charge in [-0.25, -0.2) is 15.0 Å². The second kappa shape index (κ2) is 7.21. The van der Waals surface area contributed by atoms with Crippen molar-refractivity contribution in [3.8, 4) is 18.1 Å². The molecule has 1 aliphatic rings. The van der Waals surface area contributed by atoms with Gasteiger partial charge < -0.3 is 25.5 Å². The smallest absolute Gasteiger partial charge is 0.147 e. The Morgan fingerprint density at radius 3 is 2.93 bits per heavy atom. The highest BCUT2D eigenvalue weighted by Gasteiger charge is 2.36. The Balaban J connectivity index is 1.33. The number of ether oxygens (including phenoxy) is 2. The molecule has 0 bridgehead atoms. The summed E-state index contributed by atoms with van der Waals surface area (Å²) in [6, 6.07) is 11.3. The molecule has 1 saturated heterocycles. The maximum Gasteiger partial charge on any atom is 0.147 e. The molecule has 1 aliphatic heterocycles. The molecule has 1 fully saturated rings. The molecule has 0 aliphatic carbocycles. The monoisotopic (exact) mass is 400 g/mol. The summed E-state index contributed by atoms with van der Waals surface area (Å²) in [5.41, 5.74) is 13.2. The molecule has 4 aromatic rings. The van der Waals surface area contributed by atoms with Crippen molar-refractivity contribution in [2.75, 3.05) is 18.1 Å². The first-order valence-corrected chi connectivity index (χ1v) is 9.60. The first-order chi connectivity index (χ1) is 14.6. The van der Waals surface area contributed by atoms with Crippen LogP contribution in [-0.2, 0) is 4.74 Å². The Labute approximate surface area is 172 Å². The third kappa shape index (κ3) is 3.15. The lowest BCUT2D eigenvalue weighted by molar-refractivity contribution is -0.0199. The van der Waals surface area contributed by atoms with E-state index in [1.807, 2.05) is 41.1 Å². The van der Waals surface area contributed by atoms with Crippen LogP contribution in [0.4, 0.5) is 11.6 Å². The van der Waals surface area contributed by atoms with Gasteiger partial charge >= 0.3 is 0 Å². The maximum absolute atomic E-state index is 6.24. The molecule has 1 aromatic carbocycles. The van der Waals surface area contributed by atoms with Crippen LogP contribution < -0.4 is 16.2 Å². The van der Waals surface area contributed by atoms with Crippen LogP contribution >= 0.6 is 0 Å². The number of hydrogen-bond acceptors (Lipinski definition) is 7. The molecule has 150 valence electrons. The van der Waals surface area contributed by atoms with Crippen LogP contribution in [0.1, 0.15) is 12.6 Å². The van der Waals surface area contributed by atoms with Gasteiger partial charge in [0.15, 0.2) is 0 Å². The Morgan fingerprint density at radius 1 is 1.20 bits per heavy atom. The minimum absolute atomic E-state index is 0.0825. The van der Waals surface area contributed by atoms with Gasteiger partial charge in [-0.15, -0.1) is 12.3 Å². The topological polar surface area (TPSA) is 114 Å². The summed E-state index contributed by atoms with van der Waals surface area (Å²) in [6.45, 7) is 0.329. The number of nitrogens with two attached hydrogens (primary N) is 2. The molecule has 0 radical (unpaired) electrons. The van der Waals surface area contributed by atoms with Crippen LogP contribution in [0.15, 0.2) is 48.9 Å². The highest BCUT2D eigenvalue weighted by atomic mass is 16.6. The average molecular weight is 400 g/mol. The van der Waals surface area contributed by atoms with Crippen LogP contribution in [0.25, 0.3) is 21.9 Å². The van der Waals surface area contributed by atoms with Crippen molar-refractivity contribution >= 4 is 33.6 Å². The summed E-state index contributed by atoms with van der Waals surface area (Å²) >= 11 is 0. The van der Waals surface area contributed by atoms with Crippen molar-refractivity contribution < 1.29 is 9.47 Å². The van der Waals surface area contributed by atoms with E-state index in [9.17, 15) is 0 Å². The van der Waals surface area contributed by atoms with Crippen LogP contribution in [0.5, 0.6) is 5.75 Å². The van der Waals surface area contributed by atoms with Gasteiger partial charge in [0.1, 0.15) is 48.3 Å². The second-order valence-electron chi connectivity index (χ2n) is 7.26. The van der Waals surface area contributed by atoms with Crippen molar-refractivity contribution in [3.63, 3.8) is 0 Å². The van der Waals surface area contributed by atoms with Crippen LogP contribution in [-0.4, -0.2) is 32.2 Å². The normalized spacial score (nSPS) is 21.1. The van der Waals surface area contributed by atoms with E-state index in [0.717, 1.165) is 21.9 Å². The quantitative estimate of drug-likeness (QED) is 0.506. The molecule has 30 heavy (non-hydrogen) atoms. The molecule has 3 aromatic heterocycles. The van der Waals surface area contributed by atoms with Crippen LogP contribution in [0, 0.1) is 18.3 Å². The molecular formula is C22H20N6O2. The zero-order valence-electron chi connectivity index (χ0n) is 16.1. The van der Waals surface area contributed by atoms with Gasteiger partial charge in [0.25, 0.3) is 0 Å². The van der Waals surface area contributed by atoms with Gasteiger partial charge in [0, 0.05) is 24.1 Å². The fourth-order valence-electron chi connectivity index (χ4n) is 3.83. The van der Waals surface area contributed by atoms with E-state index in [2.05, 4.69) is 20.9 Å². The first kappa shape index (κ1) is 18.2. The highest BCUT2D eigenvalue weighted by molar-refractivity contribution is 5.86. The van der Waals surface area contributed by atoms with E-state index < -0.39 is 0 Å². The fourth-order valence-corrected chi connectivity index (χ4v) is 3.83. The number of aromatic nitrogens is 4. The minimum Gasteiger partial charge on any atom is -0.491 e. The molecule has 5 rings (SSSR count). The van der Waals surface area contributed by atoms with Crippen molar-refractivity contribution in [2.45, 2.75) is 18.8 Å². The molecule has 8 heteroatoms. The third-order valence-corrected chi connectivity index (χ3v) is 5.40. The van der Waals surface area contributed by atoms with Gasteiger partial charge in [0.05, 0.1) is 16.8 Å². The fraction of sp³-hybridized carbons (Fsp3) is 0.227. The van der Waals surface area contributed by atoms with Gasteiger partial charge in [-0.2, -0.15) is 0 Å². The number of pyridine rings is 1. The number of anilines is 2. The van der Waals surface area contributed by atoms with E-state index in [-0.39, 0.29) is 18.2 Å². The van der Waals surface area contributed by atoms with Gasteiger partial charge in [-0.1, -0.05) is 0 Å². The Bertz CT molecular complexity index is 1280. The molecule has 0 saturated carbocycles. The summed E-state index contributed by atoms with van der Waals surface area (Å²) < 4.78 is 14.2. The molecule has 3 unspecified atom stereocenters. The van der Waals surface area contributed by atoms with Crippen LogP contribution in [0.3, 0.4) is 0 Å². The number of rotatable bonds is 4. The average Bonchev–Trinajstić information content (AvgIpc) is 3.36. The lowest BCUT2D eigenvalue weighted by Gasteiger charge is -2.17. The van der Waals surface area contributed by atoms with Gasteiger partial charge in [-0.3, -0.25) is 0 Å². The molecule has 0 amide bonds. The lowest BCUT2D eigenvalue weighted by Crippen LogP contribution is -2.23.